The number of sulfonamides is 1. The first-order chi connectivity index (χ1) is 11.3. The number of carboxylic acid groups (broad SMARTS) is 1. The van der Waals surface area contributed by atoms with Crippen LogP contribution in [-0.2, 0) is 21.2 Å². The van der Waals surface area contributed by atoms with Gasteiger partial charge in [0, 0.05) is 11.6 Å². The van der Waals surface area contributed by atoms with Crippen LogP contribution in [0.3, 0.4) is 0 Å². The van der Waals surface area contributed by atoms with E-state index >= 15 is 0 Å². The van der Waals surface area contributed by atoms with Gasteiger partial charge in [-0.3, -0.25) is 9.52 Å². The fourth-order valence-electron chi connectivity index (χ4n) is 2.27. The van der Waals surface area contributed by atoms with Crippen molar-refractivity contribution in [3.63, 3.8) is 0 Å². The second-order valence-corrected chi connectivity index (χ2v) is 9.01. The van der Waals surface area contributed by atoms with Crippen molar-refractivity contribution in [2.24, 2.45) is 5.92 Å². The van der Waals surface area contributed by atoms with Crippen LogP contribution in [0.25, 0.3) is 0 Å². The molecule has 1 fully saturated rings. The lowest BCUT2D eigenvalue weighted by Crippen LogP contribution is -2.13. The standard InChI is InChI=1S/C16H18N2O4S2/c1-10(16(19)20)8-11-2-6-13(7-3-11)18-24(21,22)14-9-17-15(23-14)12-4-5-12/h2-3,6-7,9-10,12,18H,4-5,8H2,1H3,(H,19,20). The summed E-state index contributed by atoms with van der Waals surface area (Å²) in [4.78, 5) is 15.1. The molecule has 2 aromatic rings. The lowest BCUT2D eigenvalue weighted by molar-refractivity contribution is -0.141. The molecule has 2 N–H and O–H groups in total. The Morgan fingerprint density at radius 1 is 1.38 bits per heavy atom. The Labute approximate surface area is 144 Å². The molecule has 0 bridgehead atoms. The molecule has 0 saturated heterocycles. The van der Waals surface area contributed by atoms with Gasteiger partial charge in [0.15, 0.2) is 4.21 Å². The predicted molar refractivity (Wildman–Crippen MR) is 91.8 cm³/mol. The molecule has 1 heterocycles. The molecule has 1 saturated carbocycles. The molecule has 1 unspecified atom stereocenters. The van der Waals surface area contributed by atoms with Crippen LogP contribution in [0.15, 0.2) is 34.7 Å². The number of aliphatic carboxylic acids is 1. The summed E-state index contributed by atoms with van der Waals surface area (Å²) in [5.41, 5.74) is 1.30. The van der Waals surface area contributed by atoms with E-state index < -0.39 is 21.9 Å². The third kappa shape index (κ3) is 3.93. The van der Waals surface area contributed by atoms with Gasteiger partial charge in [-0.15, -0.1) is 11.3 Å². The Morgan fingerprint density at radius 3 is 2.62 bits per heavy atom. The normalized spacial score (nSPS) is 15.9. The Bertz CT molecular complexity index is 839. The number of benzene rings is 1. The van der Waals surface area contributed by atoms with Gasteiger partial charge in [0.25, 0.3) is 10.0 Å². The highest BCUT2D eigenvalue weighted by Crippen LogP contribution is 2.42. The van der Waals surface area contributed by atoms with Crippen molar-refractivity contribution in [1.29, 1.82) is 0 Å². The number of carbonyl (C=O) groups is 1. The highest BCUT2D eigenvalue weighted by atomic mass is 32.2. The number of carboxylic acids is 1. The highest BCUT2D eigenvalue weighted by molar-refractivity contribution is 7.94. The number of thiazole rings is 1. The lowest BCUT2D eigenvalue weighted by Gasteiger charge is -2.09. The SMILES string of the molecule is CC(Cc1ccc(NS(=O)(=O)c2cnc(C3CC3)s2)cc1)C(=O)O. The van der Waals surface area contributed by atoms with Crippen molar-refractivity contribution in [2.45, 2.75) is 36.3 Å². The third-order valence-electron chi connectivity index (χ3n) is 3.86. The molecule has 8 heteroatoms. The van der Waals surface area contributed by atoms with Crippen molar-refractivity contribution >= 4 is 33.0 Å². The van der Waals surface area contributed by atoms with Gasteiger partial charge in [-0.05, 0) is 37.0 Å². The summed E-state index contributed by atoms with van der Waals surface area (Å²) in [5, 5.41) is 9.81. The molecule has 24 heavy (non-hydrogen) atoms. The van der Waals surface area contributed by atoms with Gasteiger partial charge in [0.2, 0.25) is 0 Å². The molecule has 1 aliphatic rings. The smallest absolute Gasteiger partial charge is 0.306 e. The molecule has 6 nitrogen and oxygen atoms in total. The van der Waals surface area contributed by atoms with Crippen molar-refractivity contribution in [3.8, 4) is 0 Å². The molecule has 0 radical (unpaired) electrons. The van der Waals surface area contributed by atoms with E-state index in [0.29, 0.717) is 18.0 Å². The number of aromatic nitrogens is 1. The Kier molecular flexibility index (Phi) is 4.60. The number of anilines is 1. The minimum atomic E-state index is -3.64. The summed E-state index contributed by atoms with van der Waals surface area (Å²) in [5.74, 6) is -0.906. The van der Waals surface area contributed by atoms with Gasteiger partial charge in [0.1, 0.15) is 0 Å². The third-order valence-corrected chi connectivity index (χ3v) is 6.87. The van der Waals surface area contributed by atoms with E-state index in [-0.39, 0.29) is 4.21 Å². The molecular formula is C16H18N2O4S2. The fraction of sp³-hybridized carbons (Fsp3) is 0.375. The zero-order valence-electron chi connectivity index (χ0n) is 13.1. The van der Waals surface area contributed by atoms with Crippen LogP contribution >= 0.6 is 11.3 Å². The van der Waals surface area contributed by atoms with Crippen LogP contribution in [0, 0.1) is 5.92 Å². The number of hydrogen-bond donors (Lipinski definition) is 2. The largest absolute Gasteiger partial charge is 0.481 e. The van der Waals surface area contributed by atoms with E-state index in [2.05, 4.69) is 9.71 Å². The van der Waals surface area contributed by atoms with Crippen LogP contribution in [0.5, 0.6) is 0 Å². The Hall–Kier alpha value is -1.93. The summed E-state index contributed by atoms with van der Waals surface area (Å²) >= 11 is 1.22. The summed E-state index contributed by atoms with van der Waals surface area (Å²) in [6, 6.07) is 6.76. The highest BCUT2D eigenvalue weighted by Gasteiger charge is 2.29. The summed E-state index contributed by atoms with van der Waals surface area (Å²) in [6.45, 7) is 1.64. The van der Waals surface area contributed by atoms with E-state index in [1.54, 1.807) is 31.2 Å². The van der Waals surface area contributed by atoms with E-state index in [1.165, 1.54) is 17.5 Å². The second kappa shape index (κ2) is 6.52. The van der Waals surface area contributed by atoms with E-state index in [9.17, 15) is 13.2 Å². The molecule has 0 spiro atoms. The van der Waals surface area contributed by atoms with Crippen molar-refractivity contribution in [3.05, 3.63) is 41.0 Å². The average molecular weight is 366 g/mol. The van der Waals surface area contributed by atoms with E-state index in [1.807, 2.05) is 0 Å². The Balaban J connectivity index is 1.69. The molecular weight excluding hydrogens is 348 g/mol. The van der Waals surface area contributed by atoms with Gasteiger partial charge in [-0.25, -0.2) is 13.4 Å². The van der Waals surface area contributed by atoms with Crippen molar-refractivity contribution in [2.75, 3.05) is 4.72 Å². The predicted octanol–water partition coefficient (Wildman–Crippen LogP) is 3.08. The monoisotopic (exact) mass is 366 g/mol. The summed E-state index contributed by atoms with van der Waals surface area (Å²) < 4.78 is 27.5. The van der Waals surface area contributed by atoms with Crippen molar-refractivity contribution in [1.82, 2.24) is 4.98 Å². The van der Waals surface area contributed by atoms with Crippen molar-refractivity contribution < 1.29 is 18.3 Å². The summed E-state index contributed by atoms with van der Waals surface area (Å²) in [7, 11) is -3.64. The zero-order chi connectivity index (χ0) is 17.3. The van der Waals surface area contributed by atoms with E-state index in [0.717, 1.165) is 23.4 Å². The second-order valence-electron chi connectivity index (χ2n) is 6.04. The van der Waals surface area contributed by atoms with Crippen LogP contribution in [0.1, 0.15) is 36.3 Å². The maximum atomic E-state index is 12.4. The first-order valence-corrected chi connectivity index (χ1v) is 9.95. The lowest BCUT2D eigenvalue weighted by atomic mass is 10.0. The molecule has 1 atom stereocenters. The molecule has 3 rings (SSSR count). The first kappa shape index (κ1) is 16.9. The Morgan fingerprint density at radius 2 is 2.04 bits per heavy atom. The van der Waals surface area contributed by atoms with Crippen LogP contribution in [0.4, 0.5) is 5.69 Å². The number of hydrogen-bond acceptors (Lipinski definition) is 5. The molecule has 1 aromatic carbocycles. The van der Waals surface area contributed by atoms with Crippen LogP contribution < -0.4 is 4.72 Å². The topological polar surface area (TPSA) is 96.4 Å². The van der Waals surface area contributed by atoms with Crippen LogP contribution in [0.2, 0.25) is 0 Å². The summed E-state index contributed by atoms with van der Waals surface area (Å²) in [6.07, 6.45) is 3.97. The van der Waals surface area contributed by atoms with Crippen LogP contribution in [-0.4, -0.2) is 24.5 Å². The quantitative estimate of drug-likeness (QED) is 0.785. The van der Waals surface area contributed by atoms with Gasteiger partial charge < -0.3 is 5.11 Å². The molecule has 128 valence electrons. The van der Waals surface area contributed by atoms with Gasteiger partial charge in [-0.1, -0.05) is 19.1 Å². The fourth-order valence-corrected chi connectivity index (χ4v) is 4.65. The molecule has 1 aliphatic carbocycles. The zero-order valence-corrected chi connectivity index (χ0v) is 14.7. The minimum absolute atomic E-state index is 0.216. The maximum Gasteiger partial charge on any atom is 0.306 e. The molecule has 0 aliphatic heterocycles. The number of rotatable bonds is 7. The molecule has 1 aromatic heterocycles. The molecule has 0 amide bonds. The maximum absolute atomic E-state index is 12.4. The van der Waals surface area contributed by atoms with Gasteiger partial charge >= 0.3 is 5.97 Å². The van der Waals surface area contributed by atoms with Gasteiger partial charge in [-0.2, -0.15) is 0 Å². The first-order valence-electron chi connectivity index (χ1n) is 7.65. The van der Waals surface area contributed by atoms with E-state index in [4.69, 9.17) is 5.11 Å². The number of nitrogens with one attached hydrogen (secondary N) is 1. The minimum Gasteiger partial charge on any atom is -0.481 e. The average Bonchev–Trinajstić information content (AvgIpc) is 3.25. The number of nitrogens with zero attached hydrogens (tertiary/aromatic N) is 1. The van der Waals surface area contributed by atoms with Gasteiger partial charge in [0.05, 0.1) is 17.1 Å².